The van der Waals surface area contributed by atoms with E-state index >= 15 is 0 Å². The molecule has 0 bridgehead atoms. The molecule has 3 aromatic rings. The van der Waals surface area contributed by atoms with E-state index in [9.17, 15) is 4.79 Å². The van der Waals surface area contributed by atoms with Gasteiger partial charge < -0.3 is 9.73 Å². The molecule has 0 atom stereocenters. The van der Waals surface area contributed by atoms with E-state index in [0.29, 0.717) is 22.9 Å². The summed E-state index contributed by atoms with van der Waals surface area (Å²) in [6.45, 7) is 4.76. The van der Waals surface area contributed by atoms with Gasteiger partial charge in [0, 0.05) is 22.5 Å². The number of furan rings is 1. The van der Waals surface area contributed by atoms with Gasteiger partial charge in [0.2, 0.25) is 5.76 Å². The first-order valence-corrected chi connectivity index (χ1v) is 8.55. The zero-order valence-electron chi connectivity index (χ0n) is 13.9. The van der Waals surface area contributed by atoms with Crippen molar-refractivity contribution in [2.75, 3.05) is 6.54 Å². The Morgan fingerprint density at radius 3 is 2.62 bits per heavy atom. The van der Waals surface area contributed by atoms with Crippen LogP contribution in [0.4, 0.5) is 0 Å². The number of nitrogens with one attached hydrogen (secondary N) is 1. The molecular formula is C20H20ClNO2. The van der Waals surface area contributed by atoms with Gasteiger partial charge in [0.15, 0.2) is 0 Å². The molecular weight excluding hydrogens is 322 g/mol. The van der Waals surface area contributed by atoms with Gasteiger partial charge in [0.25, 0.3) is 5.91 Å². The Balaban J connectivity index is 2.12. The van der Waals surface area contributed by atoms with Gasteiger partial charge in [-0.3, -0.25) is 4.79 Å². The number of rotatable bonds is 5. The highest BCUT2D eigenvalue weighted by molar-refractivity contribution is 6.30. The molecule has 3 nitrogen and oxygen atoms in total. The highest BCUT2D eigenvalue weighted by Crippen LogP contribution is 2.36. The molecule has 1 aromatic heterocycles. The summed E-state index contributed by atoms with van der Waals surface area (Å²) < 4.78 is 5.89. The molecule has 1 N–H and O–H groups in total. The van der Waals surface area contributed by atoms with Crippen LogP contribution in [0, 0.1) is 6.92 Å². The molecule has 1 heterocycles. The maximum Gasteiger partial charge on any atom is 0.287 e. The molecule has 124 valence electrons. The summed E-state index contributed by atoms with van der Waals surface area (Å²) in [7, 11) is 0. The van der Waals surface area contributed by atoms with Gasteiger partial charge in [-0.1, -0.05) is 48.7 Å². The van der Waals surface area contributed by atoms with Crippen molar-refractivity contribution in [3.63, 3.8) is 0 Å². The molecule has 2 aromatic carbocycles. The average Bonchev–Trinajstić information content (AvgIpc) is 2.94. The van der Waals surface area contributed by atoms with E-state index in [-0.39, 0.29) is 5.91 Å². The predicted molar refractivity (Wildman–Crippen MR) is 98.6 cm³/mol. The molecule has 0 spiro atoms. The maximum atomic E-state index is 12.6. The van der Waals surface area contributed by atoms with Crippen molar-refractivity contribution in [1.82, 2.24) is 5.32 Å². The molecule has 0 aliphatic carbocycles. The lowest BCUT2D eigenvalue weighted by Crippen LogP contribution is -2.24. The minimum absolute atomic E-state index is 0.178. The van der Waals surface area contributed by atoms with Crippen LogP contribution in [0.25, 0.3) is 22.1 Å². The number of fused-ring (bicyclic) bond motifs is 1. The minimum Gasteiger partial charge on any atom is -0.450 e. The van der Waals surface area contributed by atoms with Crippen molar-refractivity contribution < 1.29 is 9.21 Å². The second-order valence-electron chi connectivity index (χ2n) is 5.92. The number of hydrogen-bond donors (Lipinski definition) is 1. The number of hydrogen-bond acceptors (Lipinski definition) is 2. The van der Waals surface area contributed by atoms with Crippen molar-refractivity contribution >= 4 is 28.5 Å². The topological polar surface area (TPSA) is 42.2 Å². The van der Waals surface area contributed by atoms with E-state index in [2.05, 4.69) is 12.2 Å². The molecule has 24 heavy (non-hydrogen) atoms. The van der Waals surface area contributed by atoms with Gasteiger partial charge >= 0.3 is 0 Å². The first kappa shape index (κ1) is 16.6. The summed E-state index contributed by atoms with van der Waals surface area (Å²) >= 11 is 6.00. The Labute approximate surface area is 146 Å². The number of carbonyl (C=O) groups is 1. The second-order valence-corrected chi connectivity index (χ2v) is 6.36. The Hall–Kier alpha value is -2.26. The molecule has 0 unspecified atom stereocenters. The number of benzene rings is 2. The Morgan fingerprint density at radius 1 is 1.17 bits per heavy atom. The third-order valence-corrected chi connectivity index (χ3v) is 4.25. The smallest absolute Gasteiger partial charge is 0.287 e. The van der Waals surface area contributed by atoms with Crippen LogP contribution in [-0.4, -0.2) is 12.5 Å². The van der Waals surface area contributed by atoms with Crippen LogP contribution >= 0.6 is 11.6 Å². The molecule has 0 aliphatic rings. The number of halogens is 1. The first-order valence-electron chi connectivity index (χ1n) is 8.17. The van der Waals surface area contributed by atoms with E-state index in [4.69, 9.17) is 16.0 Å². The van der Waals surface area contributed by atoms with E-state index in [1.54, 1.807) is 0 Å². The van der Waals surface area contributed by atoms with Crippen molar-refractivity contribution in [3.05, 3.63) is 58.8 Å². The third kappa shape index (κ3) is 3.31. The molecule has 3 rings (SSSR count). The van der Waals surface area contributed by atoms with E-state index in [1.165, 1.54) is 0 Å². The van der Waals surface area contributed by atoms with Gasteiger partial charge in [-0.15, -0.1) is 0 Å². The van der Waals surface area contributed by atoms with Crippen molar-refractivity contribution in [2.24, 2.45) is 0 Å². The maximum absolute atomic E-state index is 12.6. The fraction of sp³-hybridized carbons (Fsp3) is 0.250. The lowest BCUT2D eigenvalue weighted by molar-refractivity contribution is 0.0928. The van der Waals surface area contributed by atoms with Crippen LogP contribution in [0.3, 0.4) is 0 Å². The normalized spacial score (nSPS) is 11.0. The summed E-state index contributed by atoms with van der Waals surface area (Å²) in [4.78, 5) is 12.6. The van der Waals surface area contributed by atoms with Crippen LogP contribution in [-0.2, 0) is 0 Å². The minimum atomic E-state index is -0.178. The van der Waals surface area contributed by atoms with Crippen LogP contribution < -0.4 is 5.32 Å². The predicted octanol–water partition coefficient (Wildman–Crippen LogP) is 5.59. The van der Waals surface area contributed by atoms with E-state index in [1.807, 2.05) is 49.4 Å². The molecule has 4 heteroatoms. The molecule has 0 radical (unpaired) electrons. The lowest BCUT2D eigenvalue weighted by Gasteiger charge is -2.05. The zero-order valence-corrected chi connectivity index (χ0v) is 14.6. The van der Waals surface area contributed by atoms with Gasteiger partial charge in [0.1, 0.15) is 5.58 Å². The third-order valence-electron chi connectivity index (χ3n) is 4.00. The highest BCUT2D eigenvalue weighted by atomic mass is 35.5. The molecule has 0 saturated carbocycles. The first-order chi connectivity index (χ1) is 11.6. The van der Waals surface area contributed by atoms with Crippen LogP contribution in [0.2, 0.25) is 5.02 Å². The fourth-order valence-corrected chi connectivity index (χ4v) is 2.86. The summed E-state index contributed by atoms with van der Waals surface area (Å²) in [6, 6.07) is 13.4. The second kappa shape index (κ2) is 7.10. The zero-order chi connectivity index (χ0) is 17.1. The Kier molecular flexibility index (Phi) is 4.91. The summed E-state index contributed by atoms with van der Waals surface area (Å²) in [5, 5.41) is 4.54. The standard InChI is InChI=1S/C20H20ClNO2/c1-3-4-11-22-20(23)19-18(14-6-8-15(21)9-7-14)16-12-13(2)5-10-17(16)24-19/h5-10,12H,3-4,11H2,1-2H3,(H,22,23). The van der Waals surface area contributed by atoms with E-state index in [0.717, 1.165) is 34.9 Å². The number of amides is 1. The Morgan fingerprint density at radius 2 is 1.92 bits per heavy atom. The van der Waals surface area contributed by atoms with Crippen LogP contribution in [0.5, 0.6) is 0 Å². The fourth-order valence-electron chi connectivity index (χ4n) is 2.73. The SMILES string of the molecule is CCCCNC(=O)c1oc2ccc(C)cc2c1-c1ccc(Cl)cc1. The summed E-state index contributed by atoms with van der Waals surface area (Å²) in [5.74, 6) is 0.177. The van der Waals surface area contributed by atoms with Crippen molar-refractivity contribution in [3.8, 4) is 11.1 Å². The summed E-state index contributed by atoms with van der Waals surface area (Å²) in [6.07, 6.45) is 1.98. The Bertz CT molecular complexity index is 865. The quantitative estimate of drug-likeness (QED) is 0.614. The number of aryl methyl sites for hydroxylation is 1. The largest absolute Gasteiger partial charge is 0.450 e. The monoisotopic (exact) mass is 341 g/mol. The van der Waals surface area contributed by atoms with Crippen LogP contribution in [0.1, 0.15) is 35.9 Å². The molecule has 0 aliphatic heterocycles. The number of unbranched alkanes of at least 4 members (excludes halogenated alkanes) is 1. The molecule has 1 amide bonds. The number of carbonyl (C=O) groups excluding carboxylic acids is 1. The van der Waals surface area contributed by atoms with Gasteiger partial charge in [0.05, 0.1) is 0 Å². The highest BCUT2D eigenvalue weighted by Gasteiger charge is 2.21. The molecule has 0 saturated heterocycles. The van der Waals surface area contributed by atoms with E-state index < -0.39 is 0 Å². The average molecular weight is 342 g/mol. The summed E-state index contributed by atoms with van der Waals surface area (Å²) in [5.41, 5.74) is 3.58. The van der Waals surface area contributed by atoms with Gasteiger partial charge in [-0.05, 0) is 43.2 Å². The van der Waals surface area contributed by atoms with Crippen LogP contribution in [0.15, 0.2) is 46.9 Å². The van der Waals surface area contributed by atoms with Gasteiger partial charge in [-0.25, -0.2) is 0 Å². The van der Waals surface area contributed by atoms with Crippen molar-refractivity contribution in [1.29, 1.82) is 0 Å². The van der Waals surface area contributed by atoms with Gasteiger partial charge in [-0.2, -0.15) is 0 Å². The molecule has 0 fully saturated rings. The lowest BCUT2D eigenvalue weighted by atomic mass is 10.0. The van der Waals surface area contributed by atoms with Crippen molar-refractivity contribution in [2.45, 2.75) is 26.7 Å².